The zero-order valence-corrected chi connectivity index (χ0v) is 15.4. The summed E-state index contributed by atoms with van der Waals surface area (Å²) in [5.41, 5.74) is 0.649. The monoisotopic (exact) mass is 362 g/mol. The van der Waals surface area contributed by atoms with Gasteiger partial charge in [0.1, 0.15) is 10.8 Å². The molecule has 0 fully saturated rings. The molecule has 1 aromatic carbocycles. The van der Waals surface area contributed by atoms with Crippen LogP contribution in [0.1, 0.15) is 41.5 Å². The number of nitrogens with zero attached hydrogens (tertiary/aromatic N) is 2. The fraction of sp³-hybridized carbons (Fsp3) is 0.412. The summed E-state index contributed by atoms with van der Waals surface area (Å²) in [5, 5.41) is 14.5. The number of carbonyl (C=O) groups excluding carboxylic acids is 2. The minimum absolute atomic E-state index is 0.0196. The Hall–Kier alpha value is -2.48. The second-order valence-electron chi connectivity index (χ2n) is 5.56. The molecule has 134 valence electrons. The molecule has 1 heterocycles. The molecular weight excluding hydrogens is 340 g/mol. The van der Waals surface area contributed by atoms with Crippen molar-refractivity contribution in [3.63, 3.8) is 0 Å². The molecule has 7 nitrogen and oxygen atoms in total. The lowest BCUT2D eigenvalue weighted by Crippen LogP contribution is -2.31. The van der Waals surface area contributed by atoms with Crippen LogP contribution in [0.4, 0.5) is 5.69 Å². The third-order valence-corrected chi connectivity index (χ3v) is 4.58. The third kappa shape index (κ3) is 5.82. The molecule has 25 heavy (non-hydrogen) atoms. The van der Waals surface area contributed by atoms with Crippen LogP contribution in [0.25, 0.3) is 0 Å². The maximum atomic E-state index is 12.2. The average molecular weight is 362 g/mol. The first-order valence-electron chi connectivity index (χ1n) is 8.09. The van der Waals surface area contributed by atoms with Gasteiger partial charge in [-0.25, -0.2) is 0 Å². The zero-order valence-electron chi connectivity index (χ0n) is 14.5. The van der Waals surface area contributed by atoms with Crippen LogP contribution in [-0.2, 0) is 11.2 Å². The van der Waals surface area contributed by atoms with E-state index in [0.29, 0.717) is 29.3 Å². The summed E-state index contributed by atoms with van der Waals surface area (Å²) in [6.45, 7) is 3.98. The van der Waals surface area contributed by atoms with Gasteiger partial charge in [0.2, 0.25) is 10.9 Å². The lowest BCUT2D eigenvalue weighted by atomic mass is 10.2. The van der Waals surface area contributed by atoms with Gasteiger partial charge in [-0.1, -0.05) is 18.3 Å². The number of amides is 2. The summed E-state index contributed by atoms with van der Waals surface area (Å²) in [6.07, 6.45) is 1.69. The Morgan fingerprint density at radius 3 is 2.60 bits per heavy atom. The number of aryl methyl sites for hydroxylation is 1. The molecule has 0 aliphatic carbocycles. The van der Waals surface area contributed by atoms with Crippen molar-refractivity contribution in [1.29, 1.82) is 0 Å². The molecule has 0 bridgehead atoms. The lowest BCUT2D eigenvalue weighted by Gasteiger charge is -2.10. The smallest absolute Gasteiger partial charge is 0.286 e. The molecule has 2 rings (SSSR count). The van der Waals surface area contributed by atoms with E-state index in [0.717, 1.165) is 6.42 Å². The van der Waals surface area contributed by atoms with Gasteiger partial charge in [0.05, 0.1) is 7.11 Å². The number of methoxy groups -OCH3 is 1. The highest BCUT2D eigenvalue weighted by molar-refractivity contribution is 7.13. The van der Waals surface area contributed by atoms with Crippen molar-refractivity contribution in [3.05, 3.63) is 34.3 Å². The molecule has 0 spiro atoms. The van der Waals surface area contributed by atoms with Gasteiger partial charge in [-0.3, -0.25) is 9.59 Å². The van der Waals surface area contributed by atoms with Crippen LogP contribution in [0.15, 0.2) is 24.3 Å². The van der Waals surface area contributed by atoms with E-state index in [4.69, 9.17) is 4.74 Å². The molecule has 0 aliphatic rings. The fourth-order valence-corrected chi connectivity index (χ4v) is 2.71. The van der Waals surface area contributed by atoms with E-state index in [9.17, 15) is 9.59 Å². The van der Waals surface area contributed by atoms with E-state index in [2.05, 4.69) is 20.8 Å². The number of benzene rings is 1. The van der Waals surface area contributed by atoms with E-state index in [1.54, 1.807) is 31.4 Å². The number of rotatable bonds is 8. The standard InChI is InChI=1S/C17H22N4O3S/c1-4-11(2)18-14(22)9-10-15-20-21-17(25-15)16(23)19-12-5-7-13(24-3)8-6-12/h5-8,11H,4,9-10H2,1-3H3,(H,18,22)(H,19,23). The number of hydrogen-bond acceptors (Lipinski definition) is 6. The molecule has 1 aromatic heterocycles. The van der Waals surface area contributed by atoms with E-state index in [1.807, 2.05) is 13.8 Å². The molecule has 1 unspecified atom stereocenters. The van der Waals surface area contributed by atoms with Gasteiger partial charge in [-0.15, -0.1) is 10.2 Å². The van der Waals surface area contributed by atoms with Crippen molar-refractivity contribution in [1.82, 2.24) is 15.5 Å². The molecule has 2 N–H and O–H groups in total. The largest absolute Gasteiger partial charge is 0.497 e. The summed E-state index contributed by atoms with van der Waals surface area (Å²) < 4.78 is 5.07. The van der Waals surface area contributed by atoms with Crippen LogP contribution in [0, 0.1) is 0 Å². The van der Waals surface area contributed by atoms with E-state index < -0.39 is 0 Å². The summed E-state index contributed by atoms with van der Waals surface area (Å²) in [7, 11) is 1.58. The van der Waals surface area contributed by atoms with Crippen molar-refractivity contribution < 1.29 is 14.3 Å². The highest BCUT2D eigenvalue weighted by Gasteiger charge is 2.14. The first-order valence-corrected chi connectivity index (χ1v) is 8.90. The van der Waals surface area contributed by atoms with Crippen LogP contribution in [-0.4, -0.2) is 35.2 Å². The minimum Gasteiger partial charge on any atom is -0.497 e. The molecule has 1 atom stereocenters. The number of carbonyl (C=O) groups is 2. The van der Waals surface area contributed by atoms with Crippen LogP contribution < -0.4 is 15.4 Å². The van der Waals surface area contributed by atoms with Crippen LogP contribution in [0.3, 0.4) is 0 Å². The normalized spacial score (nSPS) is 11.6. The van der Waals surface area contributed by atoms with Gasteiger partial charge >= 0.3 is 0 Å². The Balaban J connectivity index is 1.86. The minimum atomic E-state index is -0.321. The van der Waals surface area contributed by atoms with Gasteiger partial charge in [0, 0.05) is 24.6 Å². The predicted molar refractivity (Wildman–Crippen MR) is 97.1 cm³/mol. The van der Waals surface area contributed by atoms with Crippen molar-refractivity contribution in [2.24, 2.45) is 0 Å². The summed E-state index contributed by atoms with van der Waals surface area (Å²) in [5.74, 6) is 0.374. The average Bonchev–Trinajstić information content (AvgIpc) is 3.09. The Bertz CT molecular complexity index is 715. The maximum absolute atomic E-state index is 12.2. The van der Waals surface area contributed by atoms with Gasteiger partial charge in [-0.05, 0) is 37.6 Å². The highest BCUT2D eigenvalue weighted by Crippen LogP contribution is 2.17. The molecule has 0 aliphatic heterocycles. The second-order valence-corrected chi connectivity index (χ2v) is 6.62. The number of aromatic nitrogens is 2. The molecular formula is C17H22N4O3S. The SMILES string of the molecule is CCC(C)NC(=O)CCc1nnc(C(=O)Nc2ccc(OC)cc2)s1. The maximum Gasteiger partial charge on any atom is 0.286 e. The summed E-state index contributed by atoms with van der Waals surface area (Å²) >= 11 is 1.20. The summed E-state index contributed by atoms with van der Waals surface area (Å²) in [4.78, 5) is 24.0. The van der Waals surface area contributed by atoms with Gasteiger partial charge in [0.15, 0.2) is 0 Å². The van der Waals surface area contributed by atoms with Crippen LogP contribution >= 0.6 is 11.3 Å². The molecule has 0 saturated heterocycles. The van der Waals surface area contributed by atoms with E-state index >= 15 is 0 Å². The number of hydrogen-bond donors (Lipinski definition) is 2. The first kappa shape index (κ1) is 18.9. The van der Waals surface area contributed by atoms with E-state index in [-0.39, 0.29) is 22.9 Å². The Morgan fingerprint density at radius 2 is 1.96 bits per heavy atom. The highest BCUT2D eigenvalue weighted by atomic mass is 32.1. The fourth-order valence-electron chi connectivity index (χ4n) is 1.97. The van der Waals surface area contributed by atoms with Crippen LogP contribution in [0.5, 0.6) is 5.75 Å². The van der Waals surface area contributed by atoms with E-state index in [1.165, 1.54) is 11.3 Å². The molecule has 8 heteroatoms. The topological polar surface area (TPSA) is 93.2 Å². The zero-order chi connectivity index (χ0) is 18.2. The molecule has 2 amide bonds. The van der Waals surface area contributed by atoms with Gasteiger partial charge < -0.3 is 15.4 Å². The van der Waals surface area contributed by atoms with Gasteiger partial charge in [-0.2, -0.15) is 0 Å². The van der Waals surface area contributed by atoms with Gasteiger partial charge in [0.25, 0.3) is 5.91 Å². The Labute approximate surface area is 150 Å². The molecule has 2 aromatic rings. The quantitative estimate of drug-likeness (QED) is 0.753. The third-order valence-electron chi connectivity index (χ3n) is 3.59. The molecule has 0 radical (unpaired) electrons. The lowest BCUT2D eigenvalue weighted by molar-refractivity contribution is -0.121. The summed E-state index contributed by atoms with van der Waals surface area (Å²) in [6, 6.07) is 7.18. The number of ether oxygens (including phenoxy) is 1. The first-order chi connectivity index (χ1) is 12.0. The van der Waals surface area contributed by atoms with Crippen molar-refractivity contribution in [2.45, 2.75) is 39.2 Å². The van der Waals surface area contributed by atoms with Crippen LogP contribution in [0.2, 0.25) is 0 Å². The molecule has 0 saturated carbocycles. The number of nitrogens with one attached hydrogen (secondary N) is 2. The van der Waals surface area contributed by atoms with Crippen molar-refractivity contribution in [3.8, 4) is 5.75 Å². The predicted octanol–water partition coefficient (Wildman–Crippen LogP) is 2.65. The van der Waals surface area contributed by atoms with Crippen molar-refractivity contribution >= 4 is 28.8 Å². The second kappa shape index (κ2) is 9.12. The van der Waals surface area contributed by atoms with Crippen molar-refractivity contribution in [2.75, 3.05) is 12.4 Å². The number of anilines is 1. The Morgan fingerprint density at radius 1 is 1.24 bits per heavy atom. The Kier molecular flexibility index (Phi) is 6.88.